The number of carbonyl (C=O) groups is 3. The zero-order valence-corrected chi connectivity index (χ0v) is 20.7. The number of nitro groups is 1. The second-order valence-corrected chi connectivity index (χ2v) is 10.9. The lowest BCUT2D eigenvalue weighted by Gasteiger charge is -2.31. The Morgan fingerprint density at radius 1 is 1.06 bits per heavy atom. The van der Waals surface area contributed by atoms with Gasteiger partial charge < -0.3 is 0 Å². The Balaban J connectivity index is 1.55. The Bertz CT molecular complexity index is 1190. The van der Waals surface area contributed by atoms with Crippen LogP contribution in [0.4, 0.5) is 10.1 Å². The van der Waals surface area contributed by atoms with Gasteiger partial charge in [0.1, 0.15) is 5.82 Å². The van der Waals surface area contributed by atoms with E-state index in [9.17, 15) is 28.9 Å². The molecule has 6 atom stereocenters. The lowest BCUT2D eigenvalue weighted by Crippen LogP contribution is -2.50. The first-order valence-corrected chi connectivity index (χ1v) is 12.5. The number of alkyl halides is 2. The highest BCUT2D eigenvalue weighted by Crippen LogP contribution is 2.60. The fraction of sp³-hybridized carbons (Fsp3) is 0.348. The van der Waals surface area contributed by atoms with Crippen LogP contribution in [0.15, 0.2) is 48.5 Å². The van der Waals surface area contributed by atoms with Crippen LogP contribution in [0.5, 0.6) is 0 Å². The van der Waals surface area contributed by atoms with Crippen molar-refractivity contribution >= 4 is 55.3 Å². The lowest BCUT2D eigenvalue weighted by molar-refractivity contribution is -0.384. The third kappa shape index (κ3) is 3.48. The van der Waals surface area contributed by atoms with E-state index in [4.69, 9.17) is 0 Å². The molecule has 0 radical (unpaired) electrons. The molecule has 8 nitrogen and oxygen atoms in total. The number of hydrogen-bond acceptors (Lipinski definition) is 5. The minimum atomic E-state index is -0.799. The smallest absolute Gasteiger partial charge is 0.272 e. The van der Waals surface area contributed by atoms with Crippen LogP contribution in [-0.4, -0.2) is 42.3 Å². The highest BCUT2D eigenvalue weighted by atomic mass is 79.9. The van der Waals surface area contributed by atoms with Gasteiger partial charge in [-0.3, -0.25) is 24.5 Å². The van der Waals surface area contributed by atoms with E-state index in [1.54, 1.807) is 6.07 Å². The third-order valence-corrected chi connectivity index (χ3v) is 10.2. The topological polar surface area (TPSA) is 101 Å². The van der Waals surface area contributed by atoms with Crippen molar-refractivity contribution in [3.8, 4) is 0 Å². The molecule has 2 saturated carbocycles. The molecule has 2 aromatic rings. The molecule has 0 aromatic heterocycles. The van der Waals surface area contributed by atoms with Crippen LogP contribution in [0.2, 0.25) is 0 Å². The quantitative estimate of drug-likeness (QED) is 0.225. The Morgan fingerprint density at radius 3 is 2.26 bits per heavy atom. The molecule has 1 aliphatic heterocycles. The Hall–Kier alpha value is -2.66. The molecule has 0 N–H and O–H groups in total. The van der Waals surface area contributed by atoms with Gasteiger partial charge in [-0.2, -0.15) is 5.01 Å². The molecule has 2 aromatic carbocycles. The van der Waals surface area contributed by atoms with Crippen LogP contribution in [0.1, 0.15) is 22.3 Å². The van der Waals surface area contributed by atoms with Gasteiger partial charge in [-0.05, 0) is 30.4 Å². The monoisotopic (exact) mass is 593 g/mol. The molecule has 0 unspecified atom stereocenters. The first-order valence-electron chi connectivity index (χ1n) is 10.7. The second-order valence-electron chi connectivity index (χ2n) is 8.75. The molecule has 3 amide bonds. The highest BCUT2D eigenvalue weighted by molar-refractivity contribution is 9.12. The van der Waals surface area contributed by atoms with Gasteiger partial charge in [0.15, 0.2) is 0 Å². The van der Waals surface area contributed by atoms with Gasteiger partial charge in [-0.1, -0.05) is 56.1 Å². The third-order valence-electron chi connectivity index (χ3n) is 7.02. The van der Waals surface area contributed by atoms with Crippen molar-refractivity contribution in [3.63, 3.8) is 0 Å². The summed E-state index contributed by atoms with van der Waals surface area (Å²) >= 11 is 7.26. The predicted octanol–water partition coefficient (Wildman–Crippen LogP) is 4.07. The Labute approximate surface area is 210 Å². The van der Waals surface area contributed by atoms with Gasteiger partial charge in [0, 0.05) is 32.9 Å². The molecular formula is C23H18Br2FN3O5. The minimum Gasteiger partial charge on any atom is -0.272 e. The normalized spacial score (nSPS) is 29.4. The molecular weight excluding hydrogens is 577 g/mol. The molecule has 11 heteroatoms. The Kier molecular flexibility index (Phi) is 5.79. The largest absolute Gasteiger partial charge is 0.273 e. The van der Waals surface area contributed by atoms with Crippen LogP contribution in [0.25, 0.3) is 0 Å². The number of imide groups is 1. The number of nitrogens with zero attached hydrogens (tertiary/aromatic N) is 3. The van der Waals surface area contributed by atoms with E-state index >= 15 is 0 Å². The maximum absolute atomic E-state index is 14.5. The predicted molar refractivity (Wildman–Crippen MR) is 125 cm³/mol. The standard InChI is InChI=1S/C23H18Br2FN3O5/c24-19-14-9-15(20(19)25)18-17(14)22(31)28(23(18)32)27(10-12-4-1-2-7-16(12)26)21(30)11-5-3-6-13(8-11)29(33)34/h1-8,14-15,17-20H,9-10H2/t14-,15-,17-,18-,19-,20+/m1/s1. The molecule has 2 bridgehead atoms. The summed E-state index contributed by atoms with van der Waals surface area (Å²) in [6.07, 6.45) is 0.721. The SMILES string of the molecule is O=C(c1cccc([N+](=O)[O-])c1)N(Cc1ccccc1F)N1C(=O)[C@@H]2[C@H]3C[C@@H]([C@@H](Br)[C@H]3Br)[C@H]2C1=O. The molecule has 2 aliphatic carbocycles. The average Bonchev–Trinajstić information content (AvgIpc) is 3.43. The summed E-state index contributed by atoms with van der Waals surface area (Å²) in [5.41, 5.74) is -0.281. The lowest BCUT2D eigenvalue weighted by atomic mass is 9.81. The maximum Gasteiger partial charge on any atom is 0.273 e. The van der Waals surface area contributed by atoms with Gasteiger partial charge in [-0.15, -0.1) is 0 Å². The minimum absolute atomic E-state index is 0.0166. The van der Waals surface area contributed by atoms with E-state index in [1.807, 2.05) is 0 Å². The van der Waals surface area contributed by atoms with Crippen molar-refractivity contribution < 1.29 is 23.7 Å². The van der Waals surface area contributed by atoms with E-state index in [2.05, 4.69) is 31.9 Å². The van der Waals surface area contributed by atoms with E-state index in [0.29, 0.717) is 0 Å². The number of non-ortho nitro benzene ring substituents is 1. The van der Waals surface area contributed by atoms with Crippen LogP contribution in [0, 0.1) is 39.6 Å². The van der Waals surface area contributed by atoms with Gasteiger partial charge in [-0.25, -0.2) is 9.40 Å². The van der Waals surface area contributed by atoms with Crippen LogP contribution in [0.3, 0.4) is 0 Å². The summed E-state index contributed by atoms with van der Waals surface area (Å²) in [7, 11) is 0. The number of carbonyl (C=O) groups excluding carboxylic acids is 3. The zero-order chi connectivity index (χ0) is 24.3. The molecule has 3 aliphatic rings. The highest BCUT2D eigenvalue weighted by Gasteiger charge is 2.67. The van der Waals surface area contributed by atoms with E-state index in [1.165, 1.54) is 36.4 Å². The first kappa shape index (κ1) is 23.1. The van der Waals surface area contributed by atoms with Crippen molar-refractivity contribution in [1.29, 1.82) is 0 Å². The summed E-state index contributed by atoms with van der Waals surface area (Å²) < 4.78 is 14.5. The van der Waals surface area contributed by atoms with Crippen molar-refractivity contribution in [3.05, 3.63) is 75.6 Å². The number of hydrogen-bond donors (Lipinski definition) is 0. The Morgan fingerprint density at radius 2 is 1.68 bits per heavy atom. The van der Waals surface area contributed by atoms with Gasteiger partial charge in [0.2, 0.25) is 0 Å². The molecule has 3 fully saturated rings. The summed E-state index contributed by atoms with van der Waals surface area (Å²) in [4.78, 5) is 51.2. The van der Waals surface area contributed by atoms with E-state index in [-0.39, 0.29) is 44.8 Å². The van der Waals surface area contributed by atoms with Crippen molar-refractivity contribution in [2.75, 3.05) is 0 Å². The number of halogens is 3. The number of hydrazine groups is 1. The molecule has 0 spiro atoms. The fourth-order valence-electron chi connectivity index (χ4n) is 5.49. The zero-order valence-electron chi connectivity index (χ0n) is 17.5. The van der Waals surface area contributed by atoms with Crippen LogP contribution < -0.4 is 0 Å². The summed E-state index contributed by atoms with van der Waals surface area (Å²) in [6.45, 7) is -0.379. The number of nitro benzene ring substituents is 1. The molecule has 1 heterocycles. The van der Waals surface area contributed by atoms with Crippen molar-refractivity contribution in [1.82, 2.24) is 10.0 Å². The number of rotatable bonds is 5. The summed E-state index contributed by atoms with van der Waals surface area (Å²) in [6, 6.07) is 10.8. The number of fused-ring (bicyclic) bond motifs is 5. The fourth-order valence-corrected chi connectivity index (χ4v) is 7.37. The van der Waals surface area contributed by atoms with Crippen molar-refractivity contribution in [2.24, 2.45) is 23.7 Å². The number of amides is 3. The number of benzene rings is 2. The summed E-state index contributed by atoms with van der Waals surface area (Å²) in [5, 5.41) is 13.0. The average molecular weight is 595 g/mol. The van der Waals surface area contributed by atoms with E-state index in [0.717, 1.165) is 22.5 Å². The van der Waals surface area contributed by atoms with Gasteiger partial charge in [0.05, 0.1) is 23.3 Å². The summed E-state index contributed by atoms with van der Waals surface area (Å²) in [5.74, 6) is -3.67. The molecule has 34 heavy (non-hydrogen) atoms. The molecule has 5 rings (SSSR count). The van der Waals surface area contributed by atoms with E-state index < -0.39 is 40.3 Å². The van der Waals surface area contributed by atoms with Crippen LogP contribution >= 0.6 is 31.9 Å². The first-order chi connectivity index (χ1) is 16.2. The second kappa shape index (κ2) is 8.53. The maximum atomic E-state index is 14.5. The van der Waals surface area contributed by atoms with Gasteiger partial charge in [0.25, 0.3) is 23.4 Å². The molecule has 176 valence electrons. The van der Waals surface area contributed by atoms with Crippen molar-refractivity contribution in [2.45, 2.75) is 22.6 Å². The van der Waals surface area contributed by atoms with Gasteiger partial charge >= 0.3 is 0 Å². The molecule has 1 saturated heterocycles. The van der Waals surface area contributed by atoms with Crippen LogP contribution in [-0.2, 0) is 16.1 Å².